The van der Waals surface area contributed by atoms with Gasteiger partial charge in [0.25, 0.3) is 0 Å². The molecular weight excluding hydrogens is 518 g/mol. The lowest BCUT2D eigenvalue weighted by atomic mass is 10.2. The van der Waals surface area contributed by atoms with E-state index >= 15 is 0 Å². The molecule has 0 atom stereocenters. The number of hydrogen-bond donors (Lipinski definition) is 2. The van der Waals surface area contributed by atoms with Crippen molar-refractivity contribution in [3.05, 3.63) is 53.0 Å². The summed E-state index contributed by atoms with van der Waals surface area (Å²) in [5, 5.41) is 2.66. The Morgan fingerprint density at radius 2 is 1.41 bits per heavy atom. The second kappa shape index (κ2) is 10.9. The number of benzene rings is 2. The van der Waals surface area contributed by atoms with Crippen LogP contribution in [0.5, 0.6) is 0 Å². The molecule has 1 amide bonds. The molecule has 0 aliphatic carbocycles. The van der Waals surface area contributed by atoms with Crippen LogP contribution in [0.4, 0.5) is 5.69 Å². The van der Waals surface area contributed by atoms with Crippen LogP contribution in [-0.2, 0) is 24.8 Å². The highest BCUT2D eigenvalue weighted by Crippen LogP contribution is 2.22. The van der Waals surface area contributed by atoms with E-state index in [2.05, 4.69) is 26.0 Å². The minimum atomic E-state index is -3.70. The van der Waals surface area contributed by atoms with Crippen LogP contribution in [0.25, 0.3) is 0 Å². The molecule has 0 radical (unpaired) electrons. The van der Waals surface area contributed by atoms with Crippen molar-refractivity contribution in [3.63, 3.8) is 0 Å². The summed E-state index contributed by atoms with van der Waals surface area (Å²) in [4.78, 5) is 12.5. The standard InChI is InChI=1S/C21H26BrN3O5S2/c22-17-5-9-19(10-6-17)31(27,28)23-14-13-21(26)24-18-7-11-20(12-8-18)32(29,30)25-15-3-1-2-4-16-25/h5-12,23H,1-4,13-16H2,(H,24,26). The summed E-state index contributed by atoms with van der Waals surface area (Å²) in [6.07, 6.45) is 3.73. The van der Waals surface area contributed by atoms with E-state index in [9.17, 15) is 21.6 Å². The van der Waals surface area contributed by atoms with Crippen molar-refractivity contribution in [1.29, 1.82) is 0 Å². The third kappa shape index (κ3) is 6.61. The summed E-state index contributed by atoms with van der Waals surface area (Å²) < 4.78 is 54.8. The molecule has 1 fully saturated rings. The Morgan fingerprint density at radius 1 is 0.844 bits per heavy atom. The van der Waals surface area contributed by atoms with Gasteiger partial charge in [-0.2, -0.15) is 4.31 Å². The number of amides is 1. The fourth-order valence-corrected chi connectivity index (χ4v) is 6.17. The lowest BCUT2D eigenvalue weighted by Crippen LogP contribution is -2.31. The predicted molar refractivity (Wildman–Crippen MR) is 126 cm³/mol. The first-order chi connectivity index (χ1) is 15.2. The van der Waals surface area contributed by atoms with Gasteiger partial charge in [0, 0.05) is 36.2 Å². The highest BCUT2D eigenvalue weighted by molar-refractivity contribution is 9.10. The Bertz CT molecular complexity index is 1130. The van der Waals surface area contributed by atoms with Gasteiger partial charge in [0.1, 0.15) is 0 Å². The molecule has 32 heavy (non-hydrogen) atoms. The average molecular weight is 544 g/mol. The van der Waals surface area contributed by atoms with Gasteiger partial charge in [-0.25, -0.2) is 21.6 Å². The fraction of sp³-hybridized carbons (Fsp3) is 0.381. The fourth-order valence-electron chi connectivity index (χ4n) is 3.36. The number of nitrogens with zero attached hydrogens (tertiary/aromatic N) is 1. The molecule has 8 nitrogen and oxygen atoms in total. The van der Waals surface area contributed by atoms with E-state index in [0.717, 1.165) is 30.2 Å². The van der Waals surface area contributed by atoms with E-state index in [4.69, 9.17) is 0 Å². The number of nitrogens with one attached hydrogen (secondary N) is 2. The van der Waals surface area contributed by atoms with E-state index in [1.807, 2.05) is 0 Å². The molecule has 1 aliphatic rings. The maximum absolute atomic E-state index is 12.8. The maximum Gasteiger partial charge on any atom is 0.243 e. The average Bonchev–Trinajstić information content (AvgIpc) is 3.04. The third-order valence-electron chi connectivity index (χ3n) is 5.11. The van der Waals surface area contributed by atoms with Crippen LogP contribution in [0.1, 0.15) is 32.1 Å². The van der Waals surface area contributed by atoms with Crippen LogP contribution in [0.15, 0.2) is 62.8 Å². The molecule has 0 saturated carbocycles. The van der Waals surface area contributed by atoms with Crippen molar-refractivity contribution in [3.8, 4) is 0 Å². The first-order valence-corrected chi connectivity index (χ1v) is 14.1. The van der Waals surface area contributed by atoms with Gasteiger partial charge < -0.3 is 5.32 Å². The van der Waals surface area contributed by atoms with E-state index < -0.39 is 20.0 Å². The number of hydrogen-bond acceptors (Lipinski definition) is 5. The molecule has 174 valence electrons. The van der Waals surface area contributed by atoms with Crippen LogP contribution in [0.3, 0.4) is 0 Å². The van der Waals surface area contributed by atoms with Gasteiger partial charge in [-0.15, -0.1) is 0 Å². The van der Waals surface area contributed by atoms with Crippen molar-refractivity contribution < 1.29 is 21.6 Å². The number of anilines is 1. The van der Waals surface area contributed by atoms with E-state index in [1.165, 1.54) is 40.7 Å². The van der Waals surface area contributed by atoms with Crippen LogP contribution < -0.4 is 10.0 Å². The molecule has 0 spiro atoms. The van der Waals surface area contributed by atoms with Crippen LogP contribution >= 0.6 is 15.9 Å². The molecule has 2 N–H and O–H groups in total. The zero-order valence-corrected chi connectivity index (χ0v) is 20.7. The second-order valence-corrected chi connectivity index (χ2v) is 12.1. The van der Waals surface area contributed by atoms with Crippen molar-refractivity contribution in [1.82, 2.24) is 9.03 Å². The summed E-state index contributed by atoms with van der Waals surface area (Å²) in [5.74, 6) is -0.383. The quantitative estimate of drug-likeness (QED) is 0.530. The summed E-state index contributed by atoms with van der Waals surface area (Å²) in [5.41, 5.74) is 0.445. The minimum Gasteiger partial charge on any atom is -0.326 e. The molecule has 0 unspecified atom stereocenters. The van der Waals surface area contributed by atoms with Crippen molar-refractivity contribution in [2.24, 2.45) is 0 Å². The lowest BCUT2D eigenvalue weighted by Gasteiger charge is -2.20. The molecule has 1 heterocycles. The van der Waals surface area contributed by atoms with Crippen molar-refractivity contribution >= 4 is 47.6 Å². The molecule has 0 bridgehead atoms. The third-order valence-corrected chi connectivity index (χ3v) is 9.03. The smallest absolute Gasteiger partial charge is 0.243 e. The number of sulfonamides is 2. The van der Waals surface area contributed by atoms with Gasteiger partial charge in [0.2, 0.25) is 26.0 Å². The topological polar surface area (TPSA) is 113 Å². The highest BCUT2D eigenvalue weighted by atomic mass is 79.9. The van der Waals surface area contributed by atoms with Crippen LogP contribution in [0, 0.1) is 0 Å². The molecular formula is C21H26BrN3O5S2. The van der Waals surface area contributed by atoms with Crippen LogP contribution in [-0.4, -0.2) is 46.7 Å². The zero-order chi connectivity index (χ0) is 23.2. The van der Waals surface area contributed by atoms with E-state index in [1.54, 1.807) is 12.1 Å². The monoisotopic (exact) mass is 543 g/mol. The van der Waals surface area contributed by atoms with Gasteiger partial charge in [-0.05, 0) is 61.4 Å². The van der Waals surface area contributed by atoms with Gasteiger partial charge >= 0.3 is 0 Å². The summed E-state index contributed by atoms with van der Waals surface area (Å²) in [7, 11) is -7.25. The first kappa shape index (κ1) is 24.8. The van der Waals surface area contributed by atoms with Crippen LogP contribution in [0.2, 0.25) is 0 Å². The summed E-state index contributed by atoms with van der Waals surface area (Å²) in [6.45, 7) is 0.986. The summed E-state index contributed by atoms with van der Waals surface area (Å²) >= 11 is 3.25. The largest absolute Gasteiger partial charge is 0.326 e. The van der Waals surface area contributed by atoms with Crippen molar-refractivity contribution in [2.45, 2.75) is 41.9 Å². The SMILES string of the molecule is O=C(CCNS(=O)(=O)c1ccc(Br)cc1)Nc1ccc(S(=O)(=O)N2CCCCCC2)cc1. The highest BCUT2D eigenvalue weighted by Gasteiger charge is 2.25. The Labute approximate surface area is 197 Å². The molecule has 1 saturated heterocycles. The molecule has 2 aromatic carbocycles. The minimum absolute atomic E-state index is 0.0638. The van der Waals surface area contributed by atoms with E-state index in [-0.39, 0.29) is 28.7 Å². The normalized spacial score (nSPS) is 15.8. The second-order valence-electron chi connectivity index (χ2n) is 7.49. The number of carbonyl (C=O) groups excluding carboxylic acids is 1. The van der Waals surface area contributed by atoms with Gasteiger partial charge in [-0.1, -0.05) is 28.8 Å². The van der Waals surface area contributed by atoms with Gasteiger partial charge in [0.05, 0.1) is 9.79 Å². The maximum atomic E-state index is 12.8. The number of halogens is 1. The van der Waals surface area contributed by atoms with Gasteiger partial charge in [0.15, 0.2) is 0 Å². The lowest BCUT2D eigenvalue weighted by molar-refractivity contribution is -0.116. The molecule has 11 heteroatoms. The van der Waals surface area contributed by atoms with Crippen molar-refractivity contribution in [2.75, 3.05) is 25.0 Å². The van der Waals surface area contributed by atoms with E-state index in [0.29, 0.717) is 18.8 Å². The Hall–Kier alpha value is -1.79. The molecule has 0 aromatic heterocycles. The zero-order valence-electron chi connectivity index (χ0n) is 17.5. The predicted octanol–water partition coefficient (Wildman–Crippen LogP) is 3.32. The first-order valence-electron chi connectivity index (χ1n) is 10.3. The Kier molecular flexibility index (Phi) is 8.45. The number of rotatable bonds is 8. The molecule has 2 aromatic rings. The Balaban J connectivity index is 1.52. The van der Waals surface area contributed by atoms with Gasteiger partial charge in [-0.3, -0.25) is 4.79 Å². The number of carbonyl (C=O) groups is 1. The Morgan fingerprint density at radius 3 is 2.00 bits per heavy atom. The molecule has 1 aliphatic heterocycles. The molecule has 3 rings (SSSR count). The summed E-state index contributed by atoms with van der Waals surface area (Å²) in [6, 6.07) is 12.2.